The number of hydrogen-bond donors (Lipinski definition) is 1. The molecule has 1 aliphatic rings. The van der Waals surface area contributed by atoms with Gasteiger partial charge in [-0.1, -0.05) is 30.3 Å². The van der Waals surface area contributed by atoms with E-state index >= 15 is 0 Å². The van der Waals surface area contributed by atoms with Crippen molar-refractivity contribution in [3.8, 4) is 0 Å². The first-order chi connectivity index (χ1) is 12.0. The smallest absolute Gasteiger partial charge is 0.349 e. The highest BCUT2D eigenvalue weighted by Crippen LogP contribution is 2.30. The zero-order chi connectivity index (χ0) is 18.0. The molecule has 1 amide bonds. The molecule has 0 saturated carbocycles. The van der Waals surface area contributed by atoms with E-state index in [0.717, 1.165) is 5.56 Å². The number of non-ortho nitro benzene ring substituents is 1. The Morgan fingerprint density at radius 1 is 1.28 bits per heavy atom. The van der Waals surface area contributed by atoms with Crippen molar-refractivity contribution in [3.63, 3.8) is 0 Å². The molecule has 8 heteroatoms. The lowest BCUT2D eigenvalue weighted by Gasteiger charge is -2.35. The lowest BCUT2D eigenvalue weighted by Crippen LogP contribution is -2.53. The molecule has 0 aromatic heterocycles. The fourth-order valence-corrected chi connectivity index (χ4v) is 2.69. The number of nitrogens with one attached hydrogen (secondary N) is 1. The van der Waals surface area contributed by atoms with Crippen LogP contribution in [0.5, 0.6) is 0 Å². The lowest BCUT2D eigenvalue weighted by atomic mass is 10.1. The quantitative estimate of drug-likeness (QED) is 0.519. The van der Waals surface area contributed by atoms with Crippen LogP contribution in [-0.2, 0) is 16.1 Å². The van der Waals surface area contributed by atoms with Gasteiger partial charge in [0, 0.05) is 24.4 Å². The van der Waals surface area contributed by atoms with Crippen molar-refractivity contribution in [2.45, 2.75) is 12.7 Å². The normalized spacial score (nSPS) is 16.0. The largest absolute Gasteiger partial charge is 0.466 e. The second kappa shape index (κ2) is 6.60. The fourth-order valence-electron chi connectivity index (χ4n) is 2.69. The summed E-state index contributed by atoms with van der Waals surface area (Å²) in [5.74, 6) is -1.09. The van der Waals surface area contributed by atoms with Crippen LogP contribution in [0, 0.1) is 10.1 Å². The number of carbonyl (C=O) groups excluding carboxylic acids is 2. The molecule has 1 aliphatic heterocycles. The van der Waals surface area contributed by atoms with E-state index in [0.29, 0.717) is 5.69 Å². The summed E-state index contributed by atoms with van der Waals surface area (Å²) in [6, 6.07) is 13.0. The molecule has 0 fully saturated rings. The van der Waals surface area contributed by atoms with Gasteiger partial charge in [0.15, 0.2) is 0 Å². The van der Waals surface area contributed by atoms with Crippen LogP contribution in [-0.4, -0.2) is 35.0 Å². The molecule has 1 atom stereocenters. The first-order valence-electron chi connectivity index (χ1n) is 7.49. The molecule has 2 aromatic carbocycles. The molecule has 0 saturated heterocycles. The Hall–Kier alpha value is -3.42. The maximum Gasteiger partial charge on any atom is 0.349 e. The summed E-state index contributed by atoms with van der Waals surface area (Å²) < 4.78 is 4.78. The number of fused-ring (bicyclic) bond motifs is 1. The molecule has 25 heavy (non-hydrogen) atoms. The second-order valence-corrected chi connectivity index (χ2v) is 5.48. The molecule has 2 aromatic rings. The highest BCUT2D eigenvalue weighted by atomic mass is 16.6. The number of rotatable bonds is 4. The summed E-state index contributed by atoms with van der Waals surface area (Å²) in [7, 11) is 1.24. The summed E-state index contributed by atoms with van der Waals surface area (Å²) in [4.78, 5) is 36.7. The number of nitro groups is 1. The second-order valence-electron chi connectivity index (χ2n) is 5.48. The minimum atomic E-state index is -1.01. The number of nitrogens with zero attached hydrogens (tertiary/aromatic N) is 2. The van der Waals surface area contributed by atoms with Crippen LogP contribution in [0.15, 0.2) is 48.5 Å². The van der Waals surface area contributed by atoms with Crippen LogP contribution in [0.25, 0.3) is 0 Å². The first kappa shape index (κ1) is 16.4. The summed E-state index contributed by atoms with van der Waals surface area (Å²) in [5, 5.41) is 13.9. The van der Waals surface area contributed by atoms with E-state index < -0.39 is 23.0 Å². The molecule has 3 rings (SSSR count). The van der Waals surface area contributed by atoms with E-state index in [1.807, 2.05) is 30.3 Å². The van der Waals surface area contributed by atoms with Gasteiger partial charge in [-0.2, -0.15) is 0 Å². The zero-order valence-corrected chi connectivity index (χ0v) is 13.3. The van der Waals surface area contributed by atoms with Crippen LogP contribution in [0.1, 0.15) is 15.9 Å². The molecule has 0 radical (unpaired) electrons. The average molecular weight is 341 g/mol. The molecule has 0 bridgehead atoms. The van der Waals surface area contributed by atoms with E-state index in [1.165, 1.54) is 30.2 Å². The molecular formula is C17H15N3O5. The van der Waals surface area contributed by atoms with Crippen LogP contribution in [0.3, 0.4) is 0 Å². The third kappa shape index (κ3) is 3.14. The topological polar surface area (TPSA) is 102 Å². The van der Waals surface area contributed by atoms with Crippen molar-refractivity contribution in [1.29, 1.82) is 0 Å². The van der Waals surface area contributed by atoms with Crippen molar-refractivity contribution < 1.29 is 19.2 Å². The summed E-state index contributed by atoms with van der Waals surface area (Å²) in [6.45, 7) is 0.161. The summed E-state index contributed by atoms with van der Waals surface area (Å²) >= 11 is 0. The number of anilines is 1. The number of ether oxygens (including phenoxy) is 1. The van der Waals surface area contributed by atoms with E-state index in [9.17, 15) is 19.7 Å². The molecule has 1 heterocycles. The van der Waals surface area contributed by atoms with Gasteiger partial charge >= 0.3 is 5.97 Å². The number of carbonyl (C=O) groups is 2. The predicted molar refractivity (Wildman–Crippen MR) is 88.8 cm³/mol. The van der Waals surface area contributed by atoms with Gasteiger partial charge in [0.2, 0.25) is 6.17 Å². The minimum Gasteiger partial charge on any atom is -0.466 e. The Balaban J connectivity index is 2.01. The molecule has 128 valence electrons. The van der Waals surface area contributed by atoms with E-state index in [-0.39, 0.29) is 17.8 Å². The van der Waals surface area contributed by atoms with Crippen LogP contribution in [0.2, 0.25) is 0 Å². The third-order valence-electron chi connectivity index (χ3n) is 3.93. The third-order valence-corrected chi connectivity index (χ3v) is 3.93. The Kier molecular flexibility index (Phi) is 4.34. The number of benzene rings is 2. The van der Waals surface area contributed by atoms with Gasteiger partial charge < -0.3 is 15.0 Å². The van der Waals surface area contributed by atoms with Crippen LogP contribution >= 0.6 is 0 Å². The molecule has 1 N–H and O–H groups in total. The molecular weight excluding hydrogens is 326 g/mol. The number of hydrogen-bond acceptors (Lipinski definition) is 6. The van der Waals surface area contributed by atoms with Gasteiger partial charge in [-0.3, -0.25) is 14.9 Å². The maximum atomic E-state index is 12.9. The molecule has 0 spiro atoms. The molecule has 1 unspecified atom stereocenters. The Bertz CT molecular complexity index is 837. The van der Waals surface area contributed by atoms with Gasteiger partial charge in [-0.15, -0.1) is 0 Å². The van der Waals surface area contributed by atoms with E-state index in [4.69, 9.17) is 4.74 Å². The Labute approximate surface area is 143 Å². The van der Waals surface area contributed by atoms with Crippen molar-refractivity contribution in [1.82, 2.24) is 4.90 Å². The fraction of sp³-hybridized carbons (Fsp3) is 0.176. The van der Waals surface area contributed by atoms with Gasteiger partial charge in [0.1, 0.15) is 0 Å². The predicted octanol–water partition coefficient (Wildman–Crippen LogP) is 2.16. The minimum absolute atomic E-state index is 0.144. The highest BCUT2D eigenvalue weighted by Gasteiger charge is 2.37. The first-order valence-corrected chi connectivity index (χ1v) is 7.49. The number of nitro benzene ring substituents is 1. The number of esters is 1. The zero-order valence-electron chi connectivity index (χ0n) is 13.3. The standard InChI is InChI=1S/C17H15N3O5/c1-25-17(22)15-18-14-8-7-12(20(23)24)9-13(14)16(21)19(15)10-11-5-3-2-4-6-11/h2-9,15,18H,10H2,1H3. The van der Waals surface area contributed by atoms with Crippen molar-refractivity contribution in [2.75, 3.05) is 12.4 Å². The van der Waals surface area contributed by atoms with Crippen LogP contribution < -0.4 is 5.32 Å². The SMILES string of the molecule is COC(=O)C1Nc2ccc([N+](=O)[O-])cc2C(=O)N1Cc1ccccc1. The van der Waals surface area contributed by atoms with Crippen LogP contribution in [0.4, 0.5) is 11.4 Å². The highest BCUT2D eigenvalue weighted by molar-refractivity contribution is 6.05. The van der Waals surface area contributed by atoms with Gasteiger partial charge in [-0.25, -0.2) is 4.79 Å². The summed E-state index contributed by atoms with van der Waals surface area (Å²) in [6.07, 6.45) is -1.01. The number of amides is 1. The molecule has 8 nitrogen and oxygen atoms in total. The lowest BCUT2D eigenvalue weighted by molar-refractivity contribution is -0.384. The van der Waals surface area contributed by atoms with Gasteiger partial charge in [-0.05, 0) is 11.6 Å². The van der Waals surface area contributed by atoms with Gasteiger partial charge in [0.05, 0.1) is 17.6 Å². The monoisotopic (exact) mass is 341 g/mol. The number of methoxy groups -OCH3 is 1. The van der Waals surface area contributed by atoms with Crippen molar-refractivity contribution in [3.05, 3.63) is 69.8 Å². The summed E-state index contributed by atoms with van der Waals surface area (Å²) in [5.41, 5.74) is 1.13. The Morgan fingerprint density at radius 3 is 2.64 bits per heavy atom. The van der Waals surface area contributed by atoms with Gasteiger partial charge in [0.25, 0.3) is 11.6 Å². The van der Waals surface area contributed by atoms with Crippen molar-refractivity contribution >= 4 is 23.3 Å². The van der Waals surface area contributed by atoms with E-state index in [1.54, 1.807) is 0 Å². The Morgan fingerprint density at radius 2 is 2.00 bits per heavy atom. The molecule has 0 aliphatic carbocycles. The maximum absolute atomic E-state index is 12.9. The average Bonchev–Trinajstić information content (AvgIpc) is 2.63. The van der Waals surface area contributed by atoms with Crippen molar-refractivity contribution in [2.24, 2.45) is 0 Å². The van der Waals surface area contributed by atoms with E-state index in [2.05, 4.69) is 5.32 Å².